The fraction of sp³-hybridized carbons (Fsp3) is 0.500. The minimum absolute atomic E-state index is 0.460. The monoisotopic (exact) mass is 227 g/mol. The van der Waals surface area contributed by atoms with Crippen molar-refractivity contribution in [2.45, 2.75) is 20.8 Å². The van der Waals surface area contributed by atoms with Crippen LogP contribution in [-0.4, -0.2) is 17.5 Å². The second-order valence-corrected chi connectivity index (χ2v) is 4.09. The highest BCUT2D eigenvalue weighted by Crippen LogP contribution is 2.34. The maximum absolute atomic E-state index is 5.68. The number of nitrogens with two attached hydrogens (primary N) is 1. The molecule has 0 saturated carbocycles. The highest BCUT2D eigenvalue weighted by molar-refractivity contribution is 7.11. The van der Waals surface area contributed by atoms with Gasteiger partial charge in [0.25, 0.3) is 0 Å². The van der Waals surface area contributed by atoms with E-state index in [1.54, 1.807) is 0 Å². The number of rotatable bonds is 5. The lowest BCUT2D eigenvalue weighted by molar-refractivity contribution is 0.344. The Hall–Kier alpha value is -1.23. The first-order valence-corrected chi connectivity index (χ1v) is 5.67. The molecule has 1 aromatic rings. The number of nitrogens with zero attached hydrogens (tertiary/aromatic N) is 1. The Balaban J connectivity index is 2.64. The number of nitrogens with one attached hydrogen (secondary N) is 1. The van der Waals surface area contributed by atoms with Crippen LogP contribution in [0, 0.1) is 0 Å². The van der Waals surface area contributed by atoms with Gasteiger partial charge in [0, 0.05) is 6.54 Å². The molecule has 0 fully saturated rings. The van der Waals surface area contributed by atoms with Crippen molar-refractivity contribution in [2.75, 3.05) is 24.2 Å². The van der Waals surface area contributed by atoms with E-state index in [0.717, 1.165) is 11.5 Å². The Labute approximate surface area is 94.3 Å². The quantitative estimate of drug-likeness (QED) is 0.759. The molecule has 0 aliphatic rings. The van der Waals surface area contributed by atoms with Crippen LogP contribution in [0.2, 0.25) is 0 Å². The Morgan fingerprint density at radius 3 is 2.93 bits per heavy atom. The van der Waals surface area contributed by atoms with Crippen molar-refractivity contribution >= 4 is 22.4 Å². The van der Waals surface area contributed by atoms with Crippen LogP contribution < -0.4 is 15.8 Å². The van der Waals surface area contributed by atoms with Gasteiger partial charge in [-0.1, -0.05) is 11.6 Å². The molecule has 0 aromatic carbocycles. The molecule has 0 bridgehead atoms. The maximum Gasteiger partial charge on any atom is 0.197 e. The summed E-state index contributed by atoms with van der Waals surface area (Å²) in [4.78, 5) is 0. The average Bonchev–Trinajstić information content (AvgIpc) is 2.50. The summed E-state index contributed by atoms with van der Waals surface area (Å²) in [6, 6.07) is 0. The smallest absolute Gasteiger partial charge is 0.197 e. The summed E-state index contributed by atoms with van der Waals surface area (Å²) in [5, 5.41) is 4.12. The van der Waals surface area contributed by atoms with E-state index in [2.05, 4.69) is 29.6 Å². The number of hydrogen-bond donors (Lipinski definition) is 2. The second-order valence-electron chi connectivity index (χ2n) is 3.32. The first-order chi connectivity index (χ1) is 7.15. The largest absolute Gasteiger partial charge is 0.487 e. The first-order valence-electron chi connectivity index (χ1n) is 4.90. The van der Waals surface area contributed by atoms with Crippen molar-refractivity contribution < 1.29 is 4.74 Å². The fourth-order valence-corrected chi connectivity index (χ4v) is 1.71. The summed E-state index contributed by atoms with van der Waals surface area (Å²) < 4.78 is 9.45. The standard InChI is InChI=1S/C10H17N3OS/c1-4-14-8-9(11)13-15-10(8)12-6-5-7(2)3/h5,12H,4,6H2,1-3H3,(H2,11,13). The molecule has 0 spiro atoms. The van der Waals surface area contributed by atoms with E-state index in [-0.39, 0.29) is 0 Å². The minimum atomic E-state index is 0.460. The van der Waals surface area contributed by atoms with Gasteiger partial charge in [0.15, 0.2) is 16.6 Å². The van der Waals surface area contributed by atoms with Gasteiger partial charge in [0.2, 0.25) is 0 Å². The summed E-state index contributed by atoms with van der Waals surface area (Å²) in [5.41, 5.74) is 6.95. The lowest BCUT2D eigenvalue weighted by atomic mass is 10.3. The van der Waals surface area contributed by atoms with Crippen LogP contribution in [0.25, 0.3) is 0 Å². The molecule has 1 heterocycles. The number of anilines is 2. The number of nitrogen functional groups attached to an aromatic ring is 1. The molecule has 1 aromatic heterocycles. The van der Waals surface area contributed by atoms with E-state index in [4.69, 9.17) is 10.5 Å². The van der Waals surface area contributed by atoms with Crippen molar-refractivity contribution in [2.24, 2.45) is 0 Å². The van der Waals surface area contributed by atoms with Gasteiger partial charge in [-0.25, -0.2) is 0 Å². The maximum atomic E-state index is 5.68. The number of ether oxygens (including phenoxy) is 1. The summed E-state index contributed by atoms with van der Waals surface area (Å²) in [5.74, 6) is 1.13. The Bertz CT molecular complexity index is 342. The second kappa shape index (κ2) is 5.60. The fourth-order valence-electron chi connectivity index (χ4n) is 1.04. The molecule has 0 amide bonds. The molecule has 0 aliphatic carbocycles. The van der Waals surface area contributed by atoms with Gasteiger partial charge >= 0.3 is 0 Å². The highest BCUT2D eigenvalue weighted by atomic mass is 32.1. The molecule has 0 saturated heterocycles. The molecule has 1 rings (SSSR count). The lowest BCUT2D eigenvalue weighted by Crippen LogP contribution is -2.01. The van der Waals surface area contributed by atoms with Crippen LogP contribution in [0.15, 0.2) is 11.6 Å². The third-order valence-corrected chi connectivity index (χ3v) is 2.54. The molecule has 3 N–H and O–H groups in total. The number of hydrogen-bond acceptors (Lipinski definition) is 5. The van der Waals surface area contributed by atoms with Crippen molar-refractivity contribution in [1.82, 2.24) is 4.37 Å². The molecule has 5 heteroatoms. The minimum Gasteiger partial charge on any atom is -0.487 e. The third-order valence-electron chi connectivity index (χ3n) is 1.74. The van der Waals surface area contributed by atoms with E-state index < -0.39 is 0 Å². The van der Waals surface area contributed by atoms with Crippen LogP contribution >= 0.6 is 11.5 Å². The summed E-state index contributed by atoms with van der Waals surface area (Å²) in [6.45, 7) is 7.42. The molecule has 0 radical (unpaired) electrons. The van der Waals surface area contributed by atoms with Crippen molar-refractivity contribution in [1.29, 1.82) is 0 Å². The van der Waals surface area contributed by atoms with Crippen molar-refractivity contribution in [3.63, 3.8) is 0 Å². The summed E-state index contributed by atoms with van der Waals surface area (Å²) in [7, 11) is 0. The molecule has 84 valence electrons. The van der Waals surface area contributed by atoms with Gasteiger partial charge in [-0.3, -0.25) is 0 Å². The van der Waals surface area contributed by atoms with Gasteiger partial charge in [0.1, 0.15) is 0 Å². The molecule has 0 aliphatic heterocycles. The number of allylic oxidation sites excluding steroid dienone is 1. The lowest BCUT2D eigenvalue weighted by Gasteiger charge is -2.05. The Morgan fingerprint density at radius 2 is 2.33 bits per heavy atom. The highest BCUT2D eigenvalue weighted by Gasteiger charge is 2.11. The molecule has 4 nitrogen and oxygen atoms in total. The Morgan fingerprint density at radius 1 is 1.60 bits per heavy atom. The van der Waals surface area contributed by atoms with Crippen LogP contribution in [0.3, 0.4) is 0 Å². The van der Waals surface area contributed by atoms with Gasteiger partial charge in [0.05, 0.1) is 6.61 Å². The van der Waals surface area contributed by atoms with E-state index in [0.29, 0.717) is 18.2 Å². The Kier molecular flexibility index (Phi) is 4.42. The van der Waals surface area contributed by atoms with Crippen LogP contribution in [0.5, 0.6) is 5.75 Å². The molecule has 0 atom stereocenters. The van der Waals surface area contributed by atoms with Gasteiger partial charge in [-0.05, 0) is 32.3 Å². The van der Waals surface area contributed by atoms with Crippen LogP contribution in [0.4, 0.5) is 10.8 Å². The predicted molar refractivity (Wildman–Crippen MR) is 65.6 cm³/mol. The summed E-state index contributed by atoms with van der Waals surface area (Å²) >= 11 is 1.33. The molecule has 0 unspecified atom stereocenters. The van der Waals surface area contributed by atoms with E-state index >= 15 is 0 Å². The molecular formula is C10H17N3OS. The zero-order chi connectivity index (χ0) is 11.3. The van der Waals surface area contributed by atoms with Crippen molar-refractivity contribution in [3.8, 4) is 5.75 Å². The average molecular weight is 227 g/mol. The zero-order valence-corrected chi connectivity index (χ0v) is 10.1. The molecule has 15 heavy (non-hydrogen) atoms. The van der Waals surface area contributed by atoms with E-state index in [1.807, 2.05) is 6.92 Å². The van der Waals surface area contributed by atoms with Crippen molar-refractivity contribution in [3.05, 3.63) is 11.6 Å². The van der Waals surface area contributed by atoms with Gasteiger partial charge < -0.3 is 15.8 Å². The van der Waals surface area contributed by atoms with E-state index in [9.17, 15) is 0 Å². The first kappa shape index (κ1) is 11.8. The van der Waals surface area contributed by atoms with Gasteiger partial charge in [-0.15, -0.1) is 0 Å². The normalized spacial score (nSPS) is 9.80. The van der Waals surface area contributed by atoms with E-state index in [1.165, 1.54) is 17.1 Å². The third kappa shape index (κ3) is 3.43. The van der Waals surface area contributed by atoms with Crippen LogP contribution in [-0.2, 0) is 0 Å². The topological polar surface area (TPSA) is 60.2 Å². The van der Waals surface area contributed by atoms with Crippen LogP contribution in [0.1, 0.15) is 20.8 Å². The van der Waals surface area contributed by atoms with Gasteiger partial charge in [-0.2, -0.15) is 4.37 Å². The number of aromatic nitrogens is 1. The SMILES string of the molecule is CCOc1c(N)nsc1NCC=C(C)C. The molecular weight excluding hydrogens is 210 g/mol. The predicted octanol–water partition coefficient (Wildman–Crippen LogP) is 2.50. The zero-order valence-electron chi connectivity index (χ0n) is 9.33. The summed E-state index contributed by atoms with van der Waals surface area (Å²) in [6.07, 6.45) is 2.10.